The summed E-state index contributed by atoms with van der Waals surface area (Å²) in [5, 5.41) is 3.29. The molecule has 1 heterocycles. The second-order valence-corrected chi connectivity index (χ2v) is 4.44. The largest absolute Gasteiger partial charge is 0.315 e. The van der Waals surface area contributed by atoms with Crippen molar-refractivity contribution in [2.45, 2.75) is 13.0 Å². The summed E-state index contributed by atoms with van der Waals surface area (Å²) < 4.78 is 0. The number of thiol groups is 1. The molecule has 86 valence electrons. The van der Waals surface area contributed by atoms with Gasteiger partial charge in [-0.2, -0.15) is 12.6 Å². The average Bonchev–Trinajstić information content (AvgIpc) is 2.55. The lowest BCUT2D eigenvalue weighted by Crippen LogP contribution is -2.20. The fourth-order valence-corrected chi connectivity index (χ4v) is 2.10. The number of likely N-dealkylation sites (N-methyl/N-ethyl adjacent to an activating group) is 1. The van der Waals surface area contributed by atoms with Gasteiger partial charge in [0, 0.05) is 31.6 Å². The maximum atomic E-state index is 11.5. The van der Waals surface area contributed by atoms with Crippen molar-refractivity contribution in [3.63, 3.8) is 0 Å². The molecule has 1 amide bonds. The molecule has 0 bridgehead atoms. The van der Waals surface area contributed by atoms with E-state index in [9.17, 15) is 4.79 Å². The summed E-state index contributed by atoms with van der Waals surface area (Å²) in [5.41, 5.74) is 3.41. The number of anilines is 1. The van der Waals surface area contributed by atoms with Crippen molar-refractivity contribution in [3.05, 3.63) is 29.3 Å². The van der Waals surface area contributed by atoms with Crippen LogP contribution < -0.4 is 10.2 Å². The van der Waals surface area contributed by atoms with Crippen molar-refractivity contribution in [3.8, 4) is 0 Å². The van der Waals surface area contributed by atoms with Crippen molar-refractivity contribution < 1.29 is 4.79 Å². The molecule has 0 saturated carbocycles. The van der Waals surface area contributed by atoms with Crippen LogP contribution in [-0.4, -0.2) is 25.3 Å². The molecule has 0 atom stereocenters. The van der Waals surface area contributed by atoms with Gasteiger partial charge in [-0.3, -0.25) is 4.79 Å². The number of fused-ring (bicyclic) bond motifs is 1. The Morgan fingerprint density at radius 1 is 1.50 bits per heavy atom. The summed E-state index contributed by atoms with van der Waals surface area (Å²) in [7, 11) is 1.83. The van der Waals surface area contributed by atoms with E-state index in [2.05, 4.69) is 30.1 Å². The Morgan fingerprint density at radius 3 is 3.06 bits per heavy atom. The first-order valence-electron chi connectivity index (χ1n) is 5.42. The summed E-state index contributed by atoms with van der Waals surface area (Å²) in [6.45, 7) is 1.74. The third-order valence-electron chi connectivity index (χ3n) is 2.84. The topological polar surface area (TPSA) is 32.3 Å². The van der Waals surface area contributed by atoms with Gasteiger partial charge in [-0.15, -0.1) is 0 Å². The quantitative estimate of drug-likeness (QED) is 0.609. The number of carbonyl (C=O) groups excluding carboxylic acids is 1. The Balaban J connectivity index is 2.09. The molecule has 1 aliphatic heterocycles. The van der Waals surface area contributed by atoms with Gasteiger partial charge in [0.1, 0.15) is 0 Å². The highest BCUT2D eigenvalue weighted by molar-refractivity contribution is 7.80. The van der Waals surface area contributed by atoms with Gasteiger partial charge >= 0.3 is 0 Å². The van der Waals surface area contributed by atoms with E-state index in [0.717, 1.165) is 30.1 Å². The Kier molecular flexibility index (Phi) is 3.51. The number of nitrogens with one attached hydrogen (secondary N) is 1. The van der Waals surface area contributed by atoms with Crippen LogP contribution in [0.15, 0.2) is 18.2 Å². The highest BCUT2D eigenvalue weighted by Crippen LogP contribution is 2.28. The van der Waals surface area contributed by atoms with Crippen LogP contribution in [0.4, 0.5) is 5.69 Å². The number of hydrogen-bond acceptors (Lipinski definition) is 3. The smallest absolute Gasteiger partial charge is 0.231 e. The molecule has 0 aliphatic carbocycles. The third-order valence-corrected chi connectivity index (χ3v) is 3.06. The molecule has 16 heavy (non-hydrogen) atoms. The highest BCUT2D eigenvalue weighted by Gasteiger charge is 2.23. The summed E-state index contributed by atoms with van der Waals surface area (Å²) in [6.07, 6.45) is 0.534. The maximum absolute atomic E-state index is 11.5. The molecule has 3 nitrogen and oxygen atoms in total. The predicted molar refractivity (Wildman–Crippen MR) is 69.1 cm³/mol. The first-order valence-corrected chi connectivity index (χ1v) is 6.05. The van der Waals surface area contributed by atoms with Crippen molar-refractivity contribution in [2.24, 2.45) is 0 Å². The first-order chi connectivity index (χ1) is 7.72. The molecule has 0 fully saturated rings. The summed E-state index contributed by atoms with van der Waals surface area (Å²) in [5.74, 6) is 1.02. The van der Waals surface area contributed by atoms with E-state index in [4.69, 9.17) is 0 Å². The van der Waals surface area contributed by atoms with Gasteiger partial charge < -0.3 is 10.2 Å². The Bertz CT molecular complexity index is 406. The molecule has 0 unspecified atom stereocenters. The van der Waals surface area contributed by atoms with E-state index < -0.39 is 0 Å². The van der Waals surface area contributed by atoms with Gasteiger partial charge in [0.25, 0.3) is 0 Å². The first kappa shape index (κ1) is 11.5. The van der Waals surface area contributed by atoms with Crippen molar-refractivity contribution in [1.29, 1.82) is 0 Å². The molecule has 1 N–H and O–H groups in total. The van der Waals surface area contributed by atoms with E-state index in [1.54, 1.807) is 4.90 Å². The van der Waals surface area contributed by atoms with E-state index >= 15 is 0 Å². The van der Waals surface area contributed by atoms with Gasteiger partial charge in [-0.1, -0.05) is 12.1 Å². The normalized spacial score (nSPS) is 14.4. The summed E-state index contributed by atoms with van der Waals surface area (Å²) in [4.78, 5) is 13.2. The predicted octanol–water partition coefficient (Wildman–Crippen LogP) is 1.22. The minimum Gasteiger partial charge on any atom is -0.315 e. The second-order valence-electron chi connectivity index (χ2n) is 3.99. The number of benzene rings is 1. The van der Waals surface area contributed by atoms with Crippen molar-refractivity contribution in [2.75, 3.05) is 24.2 Å². The van der Waals surface area contributed by atoms with Crippen LogP contribution in [-0.2, 0) is 17.8 Å². The maximum Gasteiger partial charge on any atom is 0.231 e. The zero-order chi connectivity index (χ0) is 11.5. The van der Waals surface area contributed by atoms with Crippen molar-refractivity contribution >= 4 is 24.2 Å². The van der Waals surface area contributed by atoms with Gasteiger partial charge in [0.15, 0.2) is 0 Å². The van der Waals surface area contributed by atoms with Gasteiger partial charge in [-0.25, -0.2) is 0 Å². The molecule has 0 spiro atoms. The molecule has 1 aromatic rings. The fourth-order valence-electron chi connectivity index (χ4n) is 1.95. The second kappa shape index (κ2) is 4.89. The zero-order valence-corrected chi connectivity index (χ0v) is 10.3. The number of carbonyl (C=O) groups is 1. The fraction of sp³-hybridized carbons (Fsp3) is 0.417. The minimum absolute atomic E-state index is 0.176. The number of amides is 1. The van der Waals surface area contributed by atoms with Crippen LogP contribution in [0, 0.1) is 0 Å². The van der Waals surface area contributed by atoms with Crippen LogP contribution in [0.1, 0.15) is 11.1 Å². The SMILES string of the molecule is CN1C(=O)Cc2cc(CNCCS)ccc21. The van der Waals surface area contributed by atoms with E-state index in [1.807, 2.05) is 13.1 Å². The lowest BCUT2D eigenvalue weighted by molar-refractivity contribution is -0.117. The van der Waals surface area contributed by atoms with Crippen molar-refractivity contribution in [1.82, 2.24) is 5.32 Å². The molecular weight excluding hydrogens is 220 g/mol. The molecule has 0 radical (unpaired) electrons. The van der Waals surface area contributed by atoms with Crippen LogP contribution in [0.5, 0.6) is 0 Å². The molecular formula is C12H16N2OS. The third kappa shape index (κ3) is 2.23. The zero-order valence-electron chi connectivity index (χ0n) is 9.36. The number of hydrogen-bond donors (Lipinski definition) is 2. The standard InChI is InChI=1S/C12H16N2OS/c1-14-11-3-2-9(8-13-4-5-16)6-10(11)7-12(14)15/h2-3,6,13,16H,4-5,7-8H2,1H3. The van der Waals surface area contributed by atoms with E-state index in [1.165, 1.54) is 5.56 Å². The van der Waals surface area contributed by atoms with Gasteiger partial charge in [0.05, 0.1) is 6.42 Å². The monoisotopic (exact) mass is 236 g/mol. The Labute approximate surface area is 101 Å². The molecule has 1 aliphatic rings. The number of rotatable bonds is 4. The van der Waals surface area contributed by atoms with E-state index in [0.29, 0.717) is 6.42 Å². The molecule has 0 aromatic heterocycles. The number of nitrogens with zero attached hydrogens (tertiary/aromatic N) is 1. The van der Waals surface area contributed by atoms with Crippen LogP contribution in [0.3, 0.4) is 0 Å². The minimum atomic E-state index is 0.176. The van der Waals surface area contributed by atoms with Crippen LogP contribution >= 0.6 is 12.6 Å². The molecule has 4 heteroatoms. The average molecular weight is 236 g/mol. The lowest BCUT2D eigenvalue weighted by atomic mass is 10.1. The Morgan fingerprint density at radius 2 is 2.31 bits per heavy atom. The van der Waals surface area contributed by atoms with Gasteiger partial charge in [0.2, 0.25) is 5.91 Å². The Hall–Kier alpha value is -1.00. The van der Waals surface area contributed by atoms with E-state index in [-0.39, 0.29) is 5.91 Å². The lowest BCUT2D eigenvalue weighted by Gasteiger charge is -2.10. The molecule has 1 aromatic carbocycles. The molecule has 0 saturated heterocycles. The summed E-state index contributed by atoms with van der Waals surface area (Å²) >= 11 is 4.14. The molecule has 2 rings (SSSR count). The highest BCUT2D eigenvalue weighted by atomic mass is 32.1. The summed E-state index contributed by atoms with van der Waals surface area (Å²) in [6, 6.07) is 6.21. The van der Waals surface area contributed by atoms with Crippen LogP contribution in [0.2, 0.25) is 0 Å². The van der Waals surface area contributed by atoms with Gasteiger partial charge in [-0.05, 0) is 17.2 Å². The van der Waals surface area contributed by atoms with Crippen LogP contribution in [0.25, 0.3) is 0 Å².